The monoisotopic (exact) mass is 325 g/mol. The Morgan fingerprint density at radius 3 is 2.38 bits per heavy atom. The number of hydrogen-bond donors (Lipinski definition) is 1. The Hall–Kier alpha value is -2.62. The molecule has 0 aliphatic carbocycles. The molecule has 24 heavy (non-hydrogen) atoms. The van der Waals surface area contributed by atoms with Crippen LogP contribution in [0.15, 0.2) is 54.6 Å². The van der Waals surface area contributed by atoms with Crippen LogP contribution < -0.4 is 5.32 Å². The average molecular weight is 325 g/mol. The van der Waals surface area contributed by atoms with Crippen LogP contribution in [0.1, 0.15) is 36.5 Å². The van der Waals surface area contributed by atoms with Crippen LogP contribution in [0.2, 0.25) is 0 Å². The van der Waals surface area contributed by atoms with Gasteiger partial charge >= 0.3 is 5.97 Å². The van der Waals surface area contributed by atoms with Gasteiger partial charge in [-0.2, -0.15) is 0 Å². The summed E-state index contributed by atoms with van der Waals surface area (Å²) in [5, 5.41) is 2.82. The molecule has 1 N–H and O–H groups in total. The van der Waals surface area contributed by atoms with Crippen molar-refractivity contribution >= 4 is 11.9 Å². The Bertz CT molecular complexity index is 682. The van der Waals surface area contributed by atoms with Crippen molar-refractivity contribution in [1.29, 1.82) is 0 Å². The highest BCUT2D eigenvalue weighted by Gasteiger charge is 2.22. The first kappa shape index (κ1) is 17.7. The first-order chi connectivity index (χ1) is 11.7. The maximum atomic E-state index is 12.7. The molecule has 2 aromatic carbocycles. The second-order valence-corrected chi connectivity index (χ2v) is 5.60. The minimum absolute atomic E-state index is 0.263. The molecular formula is C20H23NO3. The zero-order valence-electron chi connectivity index (χ0n) is 14.1. The van der Waals surface area contributed by atoms with E-state index >= 15 is 0 Å². The number of esters is 1. The van der Waals surface area contributed by atoms with E-state index in [0.717, 1.165) is 24.0 Å². The first-order valence-electron chi connectivity index (χ1n) is 8.20. The van der Waals surface area contributed by atoms with Gasteiger partial charge in [-0.05, 0) is 23.6 Å². The molecule has 1 amide bonds. The summed E-state index contributed by atoms with van der Waals surface area (Å²) in [4.78, 5) is 24.6. The number of benzene rings is 2. The molecule has 126 valence electrons. The molecule has 0 heterocycles. The topological polar surface area (TPSA) is 55.4 Å². The van der Waals surface area contributed by atoms with Crippen molar-refractivity contribution in [3.63, 3.8) is 0 Å². The third-order valence-electron chi connectivity index (χ3n) is 3.89. The molecule has 0 fully saturated rings. The fourth-order valence-electron chi connectivity index (χ4n) is 2.59. The quantitative estimate of drug-likeness (QED) is 0.788. The van der Waals surface area contributed by atoms with E-state index in [1.807, 2.05) is 55.5 Å². The number of methoxy groups -OCH3 is 1. The number of hydrogen-bond acceptors (Lipinski definition) is 3. The van der Waals surface area contributed by atoms with Crippen molar-refractivity contribution < 1.29 is 14.3 Å². The van der Waals surface area contributed by atoms with Gasteiger partial charge < -0.3 is 10.1 Å². The van der Waals surface area contributed by atoms with Crippen molar-refractivity contribution in [2.75, 3.05) is 7.11 Å². The van der Waals surface area contributed by atoms with Crippen molar-refractivity contribution in [3.8, 4) is 11.1 Å². The maximum absolute atomic E-state index is 12.7. The molecule has 0 spiro atoms. The van der Waals surface area contributed by atoms with Gasteiger partial charge in [0.2, 0.25) is 0 Å². The normalized spacial score (nSPS) is 11.6. The number of nitrogens with one attached hydrogen (secondary N) is 1. The fourth-order valence-corrected chi connectivity index (χ4v) is 2.59. The van der Waals surface area contributed by atoms with Gasteiger partial charge in [0.05, 0.1) is 7.11 Å². The van der Waals surface area contributed by atoms with Gasteiger partial charge in [-0.1, -0.05) is 68.3 Å². The van der Waals surface area contributed by atoms with Crippen LogP contribution in [-0.2, 0) is 9.53 Å². The van der Waals surface area contributed by atoms with E-state index in [4.69, 9.17) is 4.74 Å². The molecule has 0 unspecified atom stereocenters. The summed E-state index contributed by atoms with van der Waals surface area (Å²) in [6.45, 7) is 2.04. The summed E-state index contributed by atoms with van der Waals surface area (Å²) in [7, 11) is 1.34. The SMILES string of the molecule is CCCC[C@H](NC(=O)c1ccccc1-c1ccccc1)C(=O)OC. The molecule has 4 heteroatoms. The molecule has 2 rings (SSSR count). The predicted octanol–water partition coefficient (Wildman–Crippen LogP) is 3.82. The van der Waals surface area contributed by atoms with Gasteiger partial charge in [-0.25, -0.2) is 4.79 Å². The molecule has 1 atom stereocenters. The molecule has 0 aromatic heterocycles. The van der Waals surface area contributed by atoms with Crippen LogP contribution in [0.4, 0.5) is 0 Å². The summed E-state index contributed by atoms with van der Waals surface area (Å²) in [6, 6.07) is 16.5. The molecular weight excluding hydrogens is 302 g/mol. The minimum atomic E-state index is -0.619. The molecule has 4 nitrogen and oxygen atoms in total. The number of carbonyl (C=O) groups excluding carboxylic acids is 2. The Labute approximate surface area is 142 Å². The van der Waals surface area contributed by atoms with E-state index in [0.29, 0.717) is 12.0 Å². The number of ether oxygens (including phenoxy) is 1. The smallest absolute Gasteiger partial charge is 0.328 e. The molecule has 0 saturated heterocycles. The fraction of sp³-hybridized carbons (Fsp3) is 0.300. The van der Waals surface area contributed by atoms with E-state index in [1.54, 1.807) is 6.07 Å². The van der Waals surface area contributed by atoms with Crippen LogP contribution >= 0.6 is 0 Å². The van der Waals surface area contributed by atoms with Gasteiger partial charge in [0.15, 0.2) is 0 Å². The number of rotatable bonds is 7. The lowest BCUT2D eigenvalue weighted by Gasteiger charge is -2.17. The first-order valence-corrected chi connectivity index (χ1v) is 8.20. The van der Waals surface area contributed by atoms with E-state index in [9.17, 15) is 9.59 Å². The van der Waals surface area contributed by atoms with Crippen molar-refractivity contribution in [1.82, 2.24) is 5.32 Å². The second kappa shape index (κ2) is 8.87. The molecule has 0 bridgehead atoms. The van der Waals surface area contributed by atoms with E-state index in [2.05, 4.69) is 5.32 Å². The summed E-state index contributed by atoms with van der Waals surface area (Å²) in [6.07, 6.45) is 2.37. The standard InChI is InChI=1S/C20H23NO3/c1-3-4-14-18(20(23)24-2)21-19(22)17-13-9-8-12-16(17)15-10-6-5-7-11-15/h5-13,18H,3-4,14H2,1-2H3,(H,21,22)/t18-/m0/s1. The highest BCUT2D eigenvalue weighted by Crippen LogP contribution is 2.23. The molecule has 0 aliphatic heterocycles. The van der Waals surface area contributed by atoms with Gasteiger partial charge in [0.25, 0.3) is 5.91 Å². The highest BCUT2D eigenvalue weighted by molar-refractivity contribution is 6.02. The molecule has 2 aromatic rings. The number of carbonyl (C=O) groups is 2. The maximum Gasteiger partial charge on any atom is 0.328 e. The van der Waals surface area contributed by atoms with Crippen molar-refractivity contribution in [2.24, 2.45) is 0 Å². The van der Waals surface area contributed by atoms with E-state index in [-0.39, 0.29) is 5.91 Å². The Morgan fingerprint density at radius 2 is 1.71 bits per heavy atom. The lowest BCUT2D eigenvalue weighted by molar-refractivity contribution is -0.143. The third-order valence-corrected chi connectivity index (χ3v) is 3.89. The van der Waals surface area contributed by atoms with Crippen LogP contribution in [-0.4, -0.2) is 25.0 Å². The third kappa shape index (κ3) is 4.44. The van der Waals surface area contributed by atoms with Gasteiger partial charge in [0.1, 0.15) is 6.04 Å². The summed E-state index contributed by atoms with van der Waals surface area (Å²) >= 11 is 0. The lowest BCUT2D eigenvalue weighted by Crippen LogP contribution is -2.41. The average Bonchev–Trinajstić information content (AvgIpc) is 2.65. The van der Waals surface area contributed by atoms with Gasteiger partial charge in [-0.15, -0.1) is 0 Å². The van der Waals surface area contributed by atoms with Gasteiger partial charge in [0, 0.05) is 5.56 Å². The molecule has 0 saturated carbocycles. The minimum Gasteiger partial charge on any atom is -0.467 e. The molecule has 0 aliphatic rings. The largest absolute Gasteiger partial charge is 0.467 e. The van der Waals surface area contributed by atoms with Crippen molar-refractivity contribution in [2.45, 2.75) is 32.2 Å². The van der Waals surface area contributed by atoms with E-state index < -0.39 is 12.0 Å². The molecule has 0 radical (unpaired) electrons. The second-order valence-electron chi connectivity index (χ2n) is 5.60. The predicted molar refractivity (Wildman–Crippen MR) is 94.7 cm³/mol. The van der Waals surface area contributed by atoms with Crippen molar-refractivity contribution in [3.05, 3.63) is 60.2 Å². The zero-order chi connectivity index (χ0) is 17.4. The summed E-state index contributed by atoms with van der Waals surface area (Å²) < 4.78 is 4.81. The van der Waals surface area contributed by atoms with Gasteiger partial charge in [-0.3, -0.25) is 4.79 Å². The summed E-state index contributed by atoms with van der Waals surface area (Å²) in [5.41, 5.74) is 2.36. The van der Waals surface area contributed by atoms with Crippen LogP contribution in [0.5, 0.6) is 0 Å². The van der Waals surface area contributed by atoms with Crippen LogP contribution in [0, 0.1) is 0 Å². The van der Waals surface area contributed by atoms with Crippen LogP contribution in [0.3, 0.4) is 0 Å². The lowest BCUT2D eigenvalue weighted by atomic mass is 9.99. The number of amides is 1. The zero-order valence-corrected chi connectivity index (χ0v) is 14.1. The van der Waals surface area contributed by atoms with E-state index in [1.165, 1.54) is 7.11 Å². The highest BCUT2D eigenvalue weighted by atomic mass is 16.5. The Balaban J connectivity index is 2.24. The Morgan fingerprint density at radius 1 is 1.04 bits per heavy atom. The Kier molecular flexibility index (Phi) is 6.55. The number of unbranched alkanes of at least 4 members (excludes halogenated alkanes) is 1. The summed E-state index contributed by atoms with van der Waals surface area (Å²) in [5.74, 6) is -0.671. The van der Waals surface area contributed by atoms with Crippen LogP contribution in [0.25, 0.3) is 11.1 Å².